The maximum absolute atomic E-state index is 6.34. The van der Waals surface area contributed by atoms with E-state index in [0.29, 0.717) is 0 Å². The third-order valence-electron chi connectivity index (χ3n) is 8.13. The van der Waals surface area contributed by atoms with Crippen molar-refractivity contribution < 1.29 is 9.68 Å². The molecule has 0 saturated heterocycles. The van der Waals surface area contributed by atoms with E-state index in [9.17, 15) is 0 Å². The summed E-state index contributed by atoms with van der Waals surface area (Å²) in [7, 11) is 0. The molecule has 3 aliphatic rings. The summed E-state index contributed by atoms with van der Waals surface area (Å²) >= 11 is 0. The van der Waals surface area contributed by atoms with E-state index < -0.39 is 0 Å². The number of aromatic nitrogens is 1. The van der Waals surface area contributed by atoms with Crippen molar-refractivity contribution in [2.75, 3.05) is 4.90 Å². The lowest BCUT2D eigenvalue weighted by Crippen LogP contribution is -2.49. The van der Waals surface area contributed by atoms with Crippen LogP contribution in [0.4, 0.5) is 5.69 Å². The first kappa shape index (κ1) is 23.0. The van der Waals surface area contributed by atoms with Crippen LogP contribution in [0, 0.1) is 47.5 Å². The Labute approximate surface area is 222 Å². The maximum atomic E-state index is 6.34. The predicted octanol–water partition coefficient (Wildman–Crippen LogP) is 6.72. The molecule has 3 aliphatic heterocycles. The second-order valence-electron chi connectivity index (χ2n) is 10.9. The van der Waals surface area contributed by atoms with E-state index in [1.54, 1.807) is 0 Å². The van der Waals surface area contributed by atoms with Crippen LogP contribution in [0.1, 0.15) is 56.2 Å². The van der Waals surface area contributed by atoms with Gasteiger partial charge >= 0.3 is 0 Å². The van der Waals surface area contributed by atoms with Gasteiger partial charge in [0.25, 0.3) is 0 Å². The van der Waals surface area contributed by atoms with Gasteiger partial charge in [0.2, 0.25) is 6.23 Å². The van der Waals surface area contributed by atoms with E-state index in [2.05, 4.69) is 93.9 Å². The zero-order valence-corrected chi connectivity index (χ0v) is 22.5. The standard InChI is InChI=1S/C32H30N4O2/c1-16-12-18(3)25(19(4)13-16)29-28-30(37-34-29)27-22-8-7-11-33-23(22)9-10-24(27)36-31(35-38-32(28)36)26-20(5)14-17(2)15-21(26)6/h7-15,28,30,32H,1-6H3/t28-,30-,32+/m1/s1. The molecule has 3 atom stereocenters. The van der Waals surface area contributed by atoms with Crippen molar-refractivity contribution in [1.29, 1.82) is 0 Å². The van der Waals surface area contributed by atoms with Gasteiger partial charge in [-0.05, 0) is 82.0 Å². The van der Waals surface area contributed by atoms with Crippen molar-refractivity contribution in [2.24, 2.45) is 16.2 Å². The minimum atomic E-state index is -0.377. The monoisotopic (exact) mass is 502 g/mol. The first-order valence-electron chi connectivity index (χ1n) is 13.1. The largest absolute Gasteiger partial charge is 0.386 e. The number of rotatable bonds is 2. The van der Waals surface area contributed by atoms with Crippen LogP contribution >= 0.6 is 0 Å². The third-order valence-corrected chi connectivity index (χ3v) is 8.13. The van der Waals surface area contributed by atoms with Crippen molar-refractivity contribution in [3.63, 3.8) is 0 Å². The molecule has 3 aromatic carbocycles. The van der Waals surface area contributed by atoms with Gasteiger partial charge in [0.1, 0.15) is 11.6 Å². The smallest absolute Gasteiger partial charge is 0.218 e. The summed E-state index contributed by atoms with van der Waals surface area (Å²) in [4.78, 5) is 19.6. The molecule has 0 spiro atoms. The highest BCUT2D eigenvalue weighted by atomic mass is 16.7. The van der Waals surface area contributed by atoms with Crippen LogP contribution in [-0.2, 0) is 9.68 Å². The summed E-state index contributed by atoms with van der Waals surface area (Å²) in [6, 6.07) is 17.1. The Balaban J connectivity index is 1.46. The van der Waals surface area contributed by atoms with Crippen LogP contribution in [0.3, 0.4) is 0 Å². The van der Waals surface area contributed by atoms with Crippen molar-refractivity contribution >= 4 is 28.1 Å². The number of pyridine rings is 1. The highest BCUT2D eigenvalue weighted by Crippen LogP contribution is 2.52. The molecule has 38 heavy (non-hydrogen) atoms. The van der Waals surface area contributed by atoms with Crippen LogP contribution in [0.2, 0.25) is 0 Å². The van der Waals surface area contributed by atoms with Gasteiger partial charge in [0.15, 0.2) is 11.9 Å². The van der Waals surface area contributed by atoms with Gasteiger partial charge in [-0.15, -0.1) is 0 Å². The summed E-state index contributed by atoms with van der Waals surface area (Å²) < 4.78 is 0. The van der Waals surface area contributed by atoms with Crippen LogP contribution in [0.15, 0.2) is 65.0 Å². The summed E-state index contributed by atoms with van der Waals surface area (Å²) in [5, 5.41) is 10.6. The van der Waals surface area contributed by atoms with Gasteiger partial charge in [-0.3, -0.25) is 9.88 Å². The zero-order chi connectivity index (χ0) is 26.3. The summed E-state index contributed by atoms with van der Waals surface area (Å²) in [6.45, 7) is 12.8. The Morgan fingerprint density at radius 2 is 1.39 bits per heavy atom. The summed E-state index contributed by atoms with van der Waals surface area (Å²) in [6.07, 6.45) is 1.15. The normalized spacial score (nSPS) is 21.3. The second-order valence-corrected chi connectivity index (χ2v) is 10.9. The number of benzene rings is 3. The highest BCUT2D eigenvalue weighted by Gasteiger charge is 2.55. The van der Waals surface area contributed by atoms with Crippen LogP contribution in [0.25, 0.3) is 10.9 Å². The van der Waals surface area contributed by atoms with Crippen LogP contribution < -0.4 is 4.90 Å². The van der Waals surface area contributed by atoms with E-state index in [1.807, 2.05) is 12.3 Å². The van der Waals surface area contributed by atoms with E-state index in [0.717, 1.165) is 44.8 Å². The van der Waals surface area contributed by atoms with Crippen molar-refractivity contribution in [2.45, 2.75) is 53.9 Å². The van der Waals surface area contributed by atoms with E-state index in [-0.39, 0.29) is 18.2 Å². The molecule has 7 rings (SSSR count). The molecule has 0 amide bonds. The minimum Gasteiger partial charge on any atom is -0.386 e. The number of aryl methyl sites for hydroxylation is 6. The molecular weight excluding hydrogens is 472 g/mol. The lowest BCUT2D eigenvalue weighted by molar-refractivity contribution is -0.0122. The number of oxime groups is 2. The lowest BCUT2D eigenvalue weighted by Gasteiger charge is -2.39. The first-order chi connectivity index (χ1) is 18.3. The molecule has 0 bridgehead atoms. The minimum absolute atomic E-state index is 0.166. The van der Waals surface area contributed by atoms with Gasteiger partial charge in [-0.2, -0.15) is 0 Å². The topological polar surface area (TPSA) is 59.3 Å². The zero-order valence-electron chi connectivity index (χ0n) is 22.5. The molecular formula is C32H30N4O2. The van der Waals surface area contributed by atoms with Crippen molar-refractivity contribution in [3.8, 4) is 0 Å². The number of anilines is 1. The fraction of sp³-hybridized carbons (Fsp3) is 0.281. The first-order valence-corrected chi connectivity index (χ1v) is 13.1. The fourth-order valence-electron chi connectivity index (χ4n) is 6.86. The average Bonchev–Trinajstić information content (AvgIpc) is 3.48. The van der Waals surface area contributed by atoms with E-state index >= 15 is 0 Å². The second kappa shape index (κ2) is 8.15. The SMILES string of the molecule is Cc1cc(C)c(C2=NO[C@@H]3c4c(ccc5ncccc45)N4C(c5c(C)cc(C)cc5C)=NO[C@H]4[C@H]23)c(C)c1. The Morgan fingerprint density at radius 3 is 2.08 bits per heavy atom. The van der Waals surface area contributed by atoms with Gasteiger partial charge in [0, 0.05) is 28.3 Å². The van der Waals surface area contributed by atoms with Gasteiger partial charge in [0.05, 0.1) is 11.2 Å². The quantitative estimate of drug-likeness (QED) is 0.305. The molecule has 0 unspecified atom stereocenters. The summed E-state index contributed by atoms with van der Waals surface area (Å²) in [5.41, 5.74) is 13.4. The van der Waals surface area contributed by atoms with Gasteiger partial charge in [-0.25, -0.2) is 0 Å². The summed E-state index contributed by atoms with van der Waals surface area (Å²) in [5.74, 6) is 0.664. The fourth-order valence-corrected chi connectivity index (χ4v) is 6.86. The Morgan fingerprint density at radius 1 is 0.737 bits per heavy atom. The molecule has 0 fully saturated rings. The number of fused-ring (bicyclic) bond motifs is 8. The molecule has 6 heteroatoms. The number of hydrogen-bond acceptors (Lipinski definition) is 6. The van der Waals surface area contributed by atoms with Crippen LogP contribution in [0.5, 0.6) is 0 Å². The predicted molar refractivity (Wildman–Crippen MR) is 151 cm³/mol. The molecule has 0 saturated carbocycles. The van der Waals surface area contributed by atoms with Crippen LogP contribution in [-0.4, -0.2) is 22.8 Å². The van der Waals surface area contributed by atoms with Gasteiger partial charge in [-0.1, -0.05) is 51.8 Å². The third kappa shape index (κ3) is 3.16. The van der Waals surface area contributed by atoms with Gasteiger partial charge < -0.3 is 9.68 Å². The van der Waals surface area contributed by atoms with E-state index in [1.165, 1.54) is 33.4 Å². The highest BCUT2D eigenvalue weighted by molar-refractivity contribution is 6.16. The van der Waals surface area contributed by atoms with Crippen molar-refractivity contribution in [3.05, 3.63) is 105 Å². The molecule has 0 radical (unpaired) electrons. The Kier molecular flexibility index (Phi) is 4.93. The lowest BCUT2D eigenvalue weighted by atomic mass is 9.79. The number of hydrogen-bond donors (Lipinski definition) is 0. The number of nitrogens with zero attached hydrogens (tertiary/aromatic N) is 4. The van der Waals surface area contributed by atoms with Crippen molar-refractivity contribution in [1.82, 2.24) is 4.98 Å². The molecule has 0 aliphatic carbocycles. The number of amidine groups is 1. The molecule has 190 valence electrons. The van der Waals surface area contributed by atoms with E-state index in [4.69, 9.17) is 20.0 Å². The maximum Gasteiger partial charge on any atom is 0.218 e. The molecule has 0 N–H and O–H groups in total. The Bertz CT molecular complexity index is 1670. The molecule has 4 aromatic rings. The Hall–Kier alpha value is -4.19. The molecule has 6 nitrogen and oxygen atoms in total. The average molecular weight is 503 g/mol. The molecule has 4 heterocycles. The molecule has 1 aromatic heterocycles.